The van der Waals surface area contributed by atoms with Crippen LogP contribution < -0.4 is 4.74 Å². The number of aromatic nitrogens is 1. The summed E-state index contributed by atoms with van der Waals surface area (Å²) in [6, 6.07) is 11.4. The maximum absolute atomic E-state index is 9.17. The molecular formula is C14H11ClN2O. The smallest absolute Gasteiger partial charge is 0.147 e. The molecule has 0 saturated heterocycles. The quantitative estimate of drug-likeness (QED) is 0.774. The fourth-order valence-corrected chi connectivity index (χ4v) is 2.04. The lowest BCUT2D eigenvalue weighted by molar-refractivity contribution is 0.415. The minimum atomic E-state index is 0.232. The first kappa shape index (κ1) is 12.4. The zero-order valence-corrected chi connectivity index (χ0v) is 10.8. The van der Waals surface area contributed by atoms with Crippen LogP contribution >= 0.6 is 11.6 Å². The first-order valence-electron chi connectivity index (χ1n) is 5.37. The van der Waals surface area contributed by atoms with Crippen LogP contribution in [0.25, 0.3) is 11.1 Å². The number of ether oxygens (including phenoxy) is 1. The van der Waals surface area contributed by atoms with Crippen LogP contribution in [0.4, 0.5) is 0 Å². The number of pyridine rings is 1. The molecule has 0 bridgehead atoms. The average Bonchev–Trinajstić information content (AvgIpc) is 2.38. The van der Waals surface area contributed by atoms with Gasteiger partial charge in [0.15, 0.2) is 0 Å². The van der Waals surface area contributed by atoms with Gasteiger partial charge in [0, 0.05) is 11.3 Å². The minimum Gasteiger partial charge on any atom is -0.497 e. The normalized spacial score (nSPS) is 9.89. The van der Waals surface area contributed by atoms with Gasteiger partial charge in [0.1, 0.15) is 17.0 Å². The van der Waals surface area contributed by atoms with E-state index in [1.54, 1.807) is 7.11 Å². The monoisotopic (exact) mass is 258 g/mol. The van der Waals surface area contributed by atoms with Crippen LogP contribution in [0.3, 0.4) is 0 Å². The molecule has 1 heterocycles. The van der Waals surface area contributed by atoms with Gasteiger partial charge < -0.3 is 4.74 Å². The molecule has 0 aliphatic carbocycles. The fraction of sp³-hybridized carbons (Fsp3) is 0.143. The standard InChI is InChI=1S/C14H11ClN2O/c1-9-6-12(13(8-16)14(15)17-9)10-4-3-5-11(7-10)18-2/h3-7H,1-2H3. The Labute approximate surface area is 111 Å². The SMILES string of the molecule is COc1cccc(-c2cc(C)nc(Cl)c2C#N)c1. The van der Waals surface area contributed by atoms with Crippen LogP contribution in [0.15, 0.2) is 30.3 Å². The Bertz CT molecular complexity index is 632. The van der Waals surface area contributed by atoms with E-state index in [1.165, 1.54) is 0 Å². The summed E-state index contributed by atoms with van der Waals surface area (Å²) in [4.78, 5) is 4.08. The van der Waals surface area contributed by atoms with Gasteiger partial charge >= 0.3 is 0 Å². The van der Waals surface area contributed by atoms with Gasteiger partial charge in [0.2, 0.25) is 0 Å². The number of rotatable bonds is 2. The molecule has 2 rings (SSSR count). The largest absolute Gasteiger partial charge is 0.497 e. The Hall–Kier alpha value is -2.05. The lowest BCUT2D eigenvalue weighted by Crippen LogP contribution is -1.92. The summed E-state index contributed by atoms with van der Waals surface area (Å²) in [6.45, 7) is 1.84. The molecule has 0 aliphatic heterocycles. The average molecular weight is 259 g/mol. The third kappa shape index (κ3) is 2.29. The third-order valence-electron chi connectivity index (χ3n) is 2.60. The Kier molecular flexibility index (Phi) is 3.50. The molecule has 0 saturated carbocycles. The van der Waals surface area contributed by atoms with Crippen LogP contribution in [0.5, 0.6) is 5.75 Å². The molecule has 2 aromatic rings. The minimum absolute atomic E-state index is 0.232. The number of halogens is 1. The Morgan fingerprint density at radius 2 is 2.11 bits per heavy atom. The predicted octanol–water partition coefficient (Wildman–Crippen LogP) is 3.59. The molecule has 0 atom stereocenters. The topological polar surface area (TPSA) is 45.9 Å². The van der Waals surface area contributed by atoms with E-state index >= 15 is 0 Å². The molecule has 0 fully saturated rings. The van der Waals surface area contributed by atoms with E-state index in [9.17, 15) is 5.26 Å². The highest BCUT2D eigenvalue weighted by Gasteiger charge is 2.11. The zero-order valence-electron chi connectivity index (χ0n) is 10.1. The van der Waals surface area contributed by atoms with Gasteiger partial charge in [-0.1, -0.05) is 23.7 Å². The summed E-state index contributed by atoms with van der Waals surface area (Å²) in [5.74, 6) is 0.738. The van der Waals surface area contributed by atoms with Gasteiger partial charge in [0.05, 0.1) is 12.7 Å². The van der Waals surface area contributed by atoms with Crippen molar-refractivity contribution >= 4 is 11.6 Å². The molecule has 3 nitrogen and oxygen atoms in total. The number of hydrogen-bond donors (Lipinski definition) is 0. The highest BCUT2D eigenvalue weighted by molar-refractivity contribution is 6.31. The maximum Gasteiger partial charge on any atom is 0.147 e. The summed E-state index contributed by atoms with van der Waals surface area (Å²) < 4.78 is 5.18. The lowest BCUT2D eigenvalue weighted by Gasteiger charge is -2.08. The number of hydrogen-bond acceptors (Lipinski definition) is 3. The van der Waals surface area contributed by atoms with Crippen molar-refractivity contribution in [3.63, 3.8) is 0 Å². The van der Waals surface area contributed by atoms with Gasteiger partial charge in [-0.2, -0.15) is 5.26 Å². The van der Waals surface area contributed by atoms with Gasteiger partial charge in [-0.15, -0.1) is 0 Å². The molecule has 0 amide bonds. The predicted molar refractivity (Wildman–Crippen MR) is 70.7 cm³/mol. The van der Waals surface area contributed by atoms with Crippen molar-refractivity contribution in [3.05, 3.63) is 46.7 Å². The lowest BCUT2D eigenvalue weighted by atomic mass is 10.0. The summed E-state index contributed by atoms with van der Waals surface area (Å²) >= 11 is 5.99. The van der Waals surface area contributed by atoms with Crippen molar-refractivity contribution in [2.24, 2.45) is 0 Å². The van der Waals surface area contributed by atoms with E-state index in [0.717, 1.165) is 22.6 Å². The van der Waals surface area contributed by atoms with Gasteiger partial charge in [-0.05, 0) is 30.7 Å². The fourth-order valence-electron chi connectivity index (χ4n) is 1.76. The van der Waals surface area contributed by atoms with Crippen molar-refractivity contribution in [3.8, 4) is 22.9 Å². The van der Waals surface area contributed by atoms with Crippen molar-refractivity contribution in [2.75, 3.05) is 7.11 Å². The molecule has 1 aromatic heterocycles. The zero-order chi connectivity index (χ0) is 13.1. The van der Waals surface area contributed by atoms with Crippen LogP contribution in [-0.2, 0) is 0 Å². The second kappa shape index (κ2) is 5.07. The highest BCUT2D eigenvalue weighted by Crippen LogP contribution is 2.30. The van der Waals surface area contributed by atoms with Crippen molar-refractivity contribution in [1.29, 1.82) is 5.26 Å². The molecule has 18 heavy (non-hydrogen) atoms. The van der Waals surface area contributed by atoms with Crippen molar-refractivity contribution in [2.45, 2.75) is 6.92 Å². The third-order valence-corrected chi connectivity index (χ3v) is 2.87. The van der Waals surface area contributed by atoms with E-state index in [2.05, 4.69) is 11.1 Å². The Balaban J connectivity index is 2.66. The van der Waals surface area contributed by atoms with Gasteiger partial charge in [0.25, 0.3) is 0 Å². The molecule has 0 spiro atoms. The number of benzene rings is 1. The Morgan fingerprint density at radius 3 is 2.78 bits per heavy atom. The number of nitrogens with zero attached hydrogens (tertiary/aromatic N) is 2. The molecule has 1 aromatic carbocycles. The molecule has 90 valence electrons. The second-order valence-corrected chi connectivity index (χ2v) is 4.18. The molecule has 0 unspecified atom stereocenters. The molecule has 0 N–H and O–H groups in total. The summed E-state index contributed by atoms with van der Waals surface area (Å²) in [5, 5.41) is 9.40. The van der Waals surface area contributed by atoms with Crippen LogP contribution in [-0.4, -0.2) is 12.1 Å². The second-order valence-electron chi connectivity index (χ2n) is 3.82. The summed E-state index contributed by atoms with van der Waals surface area (Å²) in [6.07, 6.45) is 0. The van der Waals surface area contributed by atoms with Crippen LogP contribution in [0.1, 0.15) is 11.3 Å². The van der Waals surface area contributed by atoms with Crippen molar-refractivity contribution in [1.82, 2.24) is 4.98 Å². The summed E-state index contributed by atoms with van der Waals surface area (Å²) in [7, 11) is 1.61. The molecule has 0 aliphatic rings. The van der Waals surface area contributed by atoms with E-state index in [4.69, 9.17) is 16.3 Å². The molecule has 0 radical (unpaired) electrons. The van der Waals surface area contributed by atoms with Gasteiger partial charge in [-0.3, -0.25) is 0 Å². The first-order chi connectivity index (χ1) is 8.65. The summed E-state index contributed by atoms with van der Waals surface area (Å²) in [5.41, 5.74) is 2.82. The van der Waals surface area contributed by atoms with E-state index in [1.807, 2.05) is 37.3 Å². The van der Waals surface area contributed by atoms with Crippen LogP contribution in [0.2, 0.25) is 5.15 Å². The Morgan fingerprint density at radius 1 is 1.33 bits per heavy atom. The number of aryl methyl sites for hydroxylation is 1. The van der Waals surface area contributed by atoms with E-state index in [0.29, 0.717) is 5.56 Å². The molecular weight excluding hydrogens is 248 g/mol. The molecule has 4 heteroatoms. The van der Waals surface area contributed by atoms with Crippen molar-refractivity contribution < 1.29 is 4.74 Å². The number of methoxy groups -OCH3 is 1. The first-order valence-corrected chi connectivity index (χ1v) is 5.75. The number of nitriles is 1. The van der Waals surface area contributed by atoms with E-state index in [-0.39, 0.29) is 5.15 Å². The van der Waals surface area contributed by atoms with Gasteiger partial charge in [-0.25, -0.2) is 4.98 Å². The maximum atomic E-state index is 9.17. The highest BCUT2D eigenvalue weighted by atomic mass is 35.5. The van der Waals surface area contributed by atoms with E-state index < -0.39 is 0 Å². The van der Waals surface area contributed by atoms with Crippen LogP contribution in [0, 0.1) is 18.3 Å².